The molecule has 0 fully saturated rings. The van der Waals surface area contributed by atoms with Gasteiger partial charge in [-0.25, -0.2) is 0 Å². The van der Waals surface area contributed by atoms with Crippen LogP contribution in [0.5, 0.6) is 5.75 Å². The number of nitrogens with zero attached hydrogens (tertiary/aromatic N) is 1. The van der Waals surface area contributed by atoms with Gasteiger partial charge in [0.2, 0.25) is 0 Å². The molecule has 1 heterocycles. The molecule has 3 nitrogen and oxygen atoms in total. The van der Waals surface area contributed by atoms with Gasteiger partial charge in [0, 0.05) is 34.1 Å². The van der Waals surface area contributed by atoms with E-state index in [1.807, 2.05) is 37.3 Å². The molecule has 1 aromatic carbocycles. The molecule has 0 bridgehead atoms. The minimum atomic E-state index is -0.0921. The first kappa shape index (κ1) is 12.9. The molecule has 0 aliphatic rings. The van der Waals surface area contributed by atoms with Gasteiger partial charge in [-0.05, 0) is 13.0 Å². The Bertz CT molecular complexity index is 543. The van der Waals surface area contributed by atoms with E-state index in [1.54, 1.807) is 6.20 Å². The first-order valence-corrected chi connectivity index (χ1v) is 6.01. The fourth-order valence-electron chi connectivity index (χ4n) is 1.59. The van der Waals surface area contributed by atoms with Crippen LogP contribution in [-0.2, 0) is 13.2 Å². The van der Waals surface area contributed by atoms with Gasteiger partial charge in [0.1, 0.15) is 12.4 Å². The van der Waals surface area contributed by atoms with Gasteiger partial charge in [0.05, 0.1) is 6.61 Å². The van der Waals surface area contributed by atoms with Crippen molar-refractivity contribution in [1.29, 1.82) is 0 Å². The lowest BCUT2D eigenvalue weighted by atomic mass is 10.2. The molecular weight excluding hydrogens is 250 g/mol. The molecule has 1 aromatic heterocycles. The number of aliphatic hydroxyl groups excluding tert-OH is 1. The Morgan fingerprint density at radius 1 is 1.28 bits per heavy atom. The van der Waals surface area contributed by atoms with Gasteiger partial charge in [-0.15, -0.1) is 0 Å². The quantitative estimate of drug-likeness (QED) is 0.922. The monoisotopic (exact) mass is 263 g/mol. The lowest BCUT2D eigenvalue weighted by Gasteiger charge is -2.11. The normalized spacial score (nSPS) is 10.4. The molecule has 0 aliphatic heterocycles. The van der Waals surface area contributed by atoms with E-state index in [2.05, 4.69) is 4.98 Å². The van der Waals surface area contributed by atoms with E-state index in [0.29, 0.717) is 22.9 Å². The molecule has 1 N–H and O–H groups in total. The van der Waals surface area contributed by atoms with E-state index >= 15 is 0 Å². The predicted octanol–water partition coefficient (Wildman–Crippen LogP) is 3.11. The predicted molar refractivity (Wildman–Crippen MR) is 70.7 cm³/mol. The lowest BCUT2D eigenvalue weighted by molar-refractivity contribution is 0.258. The fraction of sp³-hybridized carbons (Fsp3) is 0.214. The summed E-state index contributed by atoms with van der Waals surface area (Å²) in [5, 5.41) is 9.89. The van der Waals surface area contributed by atoms with Gasteiger partial charge in [-0.2, -0.15) is 0 Å². The molecule has 0 atom stereocenters. The topological polar surface area (TPSA) is 42.4 Å². The number of pyridine rings is 1. The first-order chi connectivity index (χ1) is 8.70. The summed E-state index contributed by atoms with van der Waals surface area (Å²) < 4.78 is 5.69. The number of benzene rings is 1. The smallest absolute Gasteiger partial charge is 0.128 e. The van der Waals surface area contributed by atoms with Gasteiger partial charge in [0.15, 0.2) is 0 Å². The maximum absolute atomic E-state index is 9.22. The Morgan fingerprint density at radius 2 is 2.06 bits per heavy atom. The average Bonchev–Trinajstić information content (AvgIpc) is 2.38. The Labute approximate surface area is 111 Å². The van der Waals surface area contributed by atoms with Gasteiger partial charge in [-0.1, -0.05) is 29.8 Å². The molecule has 2 aromatic rings. The maximum Gasteiger partial charge on any atom is 0.128 e. The number of aliphatic hydroxyl groups is 1. The van der Waals surface area contributed by atoms with E-state index in [-0.39, 0.29) is 6.61 Å². The summed E-state index contributed by atoms with van der Waals surface area (Å²) in [7, 11) is 0. The van der Waals surface area contributed by atoms with E-state index in [1.165, 1.54) is 0 Å². The molecular formula is C14H14ClNO2. The van der Waals surface area contributed by atoms with Crippen LogP contribution in [0, 0.1) is 6.92 Å². The van der Waals surface area contributed by atoms with Crippen molar-refractivity contribution >= 4 is 11.6 Å². The molecule has 94 valence electrons. The number of hydrogen-bond acceptors (Lipinski definition) is 3. The zero-order valence-electron chi connectivity index (χ0n) is 10.1. The number of rotatable bonds is 4. The van der Waals surface area contributed by atoms with Crippen LogP contribution in [0.25, 0.3) is 0 Å². The molecule has 0 aliphatic carbocycles. The summed E-state index contributed by atoms with van der Waals surface area (Å²) in [5.74, 6) is 0.643. The second-order valence-corrected chi connectivity index (χ2v) is 4.38. The zero-order chi connectivity index (χ0) is 13.0. The number of aryl methyl sites for hydroxylation is 1. The Kier molecular flexibility index (Phi) is 4.18. The molecule has 0 unspecified atom stereocenters. The third-order valence-electron chi connectivity index (χ3n) is 2.59. The average molecular weight is 264 g/mol. The summed E-state index contributed by atoms with van der Waals surface area (Å²) in [6, 6.07) is 9.33. The van der Waals surface area contributed by atoms with Crippen molar-refractivity contribution in [1.82, 2.24) is 4.98 Å². The highest BCUT2D eigenvalue weighted by Gasteiger charge is 2.06. The van der Waals surface area contributed by atoms with Crippen LogP contribution in [0.3, 0.4) is 0 Å². The highest BCUT2D eigenvalue weighted by atomic mass is 35.5. The fourth-order valence-corrected chi connectivity index (χ4v) is 1.78. The maximum atomic E-state index is 9.22. The van der Waals surface area contributed by atoms with E-state index < -0.39 is 0 Å². The SMILES string of the molecule is Cc1cc(OCc2ccccc2Cl)c(CO)cn1. The number of ether oxygens (including phenoxy) is 1. The Hall–Kier alpha value is -1.58. The molecule has 2 rings (SSSR count). The summed E-state index contributed by atoms with van der Waals surface area (Å²) in [6.45, 7) is 2.16. The molecule has 0 amide bonds. The standard InChI is InChI=1S/C14H14ClNO2/c1-10-6-14(12(8-17)7-16-10)18-9-11-4-2-3-5-13(11)15/h2-7,17H,8-9H2,1H3. The van der Waals surface area contributed by atoms with Crippen LogP contribution in [0.1, 0.15) is 16.8 Å². The number of halogens is 1. The highest BCUT2D eigenvalue weighted by molar-refractivity contribution is 6.31. The Morgan fingerprint density at radius 3 is 2.78 bits per heavy atom. The van der Waals surface area contributed by atoms with Crippen molar-refractivity contribution < 1.29 is 9.84 Å². The van der Waals surface area contributed by atoms with E-state index in [4.69, 9.17) is 16.3 Å². The number of hydrogen-bond donors (Lipinski definition) is 1. The van der Waals surface area contributed by atoms with Gasteiger partial charge >= 0.3 is 0 Å². The molecule has 0 spiro atoms. The van der Waals surface area contributed by atoms with Crippen molar-refractivity contribution in [2.45, 2.75) is 20.1 Å². The zero-order valence-corrected chi connectivity index (χ0v) is 10.8. The minimum absolute atomic E-state index is 0.0921. The summed E-state index contributed by atoms with van der Waals surface area (Å²) in [6.07, 6.45) is 1.62. The second kappa shape index (κ2) is 5.85. The van der Waals surface area contributed by atoms with Crippen LogP contribution >= 0.6 is 11.6 Å². The molecule has 0 saturated carbocycles. The van der Waals surface area contributed by atoms with Crippen molar-refractivity contribution in [2.75, 3.05) is 0 Å². The number of aromatic nitrogens is 1. The van der Waals surface area contributed by atoms with Crippen LogP contribution < -0.4 is 4.74 Å². The van der Waals surface area contributed by atoms with Crippen LogP contribution in [0.2, 0.25) is 5.02 Å². The van der Waals surface area contributed by atoms with Crippen LogP contribution in [0.4, 0.5) is 0 Å². The molecule has 0 radical (unpaired) electrons. The second-order valence-electron chi connectivity index (χ2n) is 3.97. The minimum Gasteiger partial charge on any atom is -0.488 e. The molecule has 4 heteroatoms. The van der Waals surface area contributed by atoms with Gasteiger partial charge in [0.25, 0.3) is 0 Å². The van der Waals surface area contributed by atoms with E-state index in [0.717, 1.165) is 11.3 Å². The lowest BCUT2D eigenvalue weighted by Crippen LogP contribution is -2.00. The van der Waals surface area contributed by atoms with Gasteiger partial charge in [-0.3, -0.25) is 4.98 Å². The first-order valence-electron chi connectivity index (χ1n) is 5.63. The van der Waals surface area contributed by atoms with Crippen LogP contribution in [0.15, 0.2) is 36.5 Å². The largest absolute Gasteiger partial charge is 0.488 e. The summed E-state index contributed by atoms with van der Waals surface area (Å²) in [5.41, 5.74) is 2.44. The van der Waals surface area contributed by atoms with Crippen molar-refractivity contribution in [3.63, 3.8) is 0 Å². The van der Waals surface area contributed by atoms with Crippen molar-refractivity contribution in [3.8, 4) is 5.75 Å². The summed E-state index contributed by atoms with van der Waals surface area (Å²) in [4.78, 5) is 4.12. The van der Waals surface area contributed by atoms with E-state index in [9.17, 15) is 5.11 Å². The third kappa shape index (κ3) is 3.00. The molecule has 18 heavy (non-hydrogen) atoms. The van der Waals surface area contributed by atoms with Crippen molar-refractivity contribution in [3.05, 3.63) is 58.4 Å². The highest BCUT2D eigenvalue weighted by Crippen LogP contribution is 2.22. The Balaban J connectivity index is 2.15. The third-order valence-corrected chi connectivity index (χ3v) is 2.96. The molecule has 0 saturated heterocycles. The summed E-state index contributed by atoms with van der Waals surface area (Å²) >= 11 is 6.05. The van der Waals surface area contributed by atoms with Gasteiger partial charge < -0.3 is 9.84 Å². The van der Waals surface area contributed by atoms with Crippen LogP contribution in [-0.4, -0.2) is 10.1 Å². The van der Waals surface area contributed by atoms with Crippen molar-refractivity contribution in [2.24, 2.45) is 0 Å².